The quantitative estimate of drug-likeness (QED) is 0.856. The van der Waals surface area contributed by atoms with E-state index in [0.717, 1.165) is 25.5 Å². The molecule has 2 aliphatic heterocycles. The normalized spacial score (nSPS) is 24.0. The number of carbonyl (C=O) groups excluding carboxylic acids is 1. The van der Waals surface area contributed by atoms with Gasteiger partial charge in [-0.3, -0.25) is 9.69 Å². The van der Waals surface area contributed by atoms with E-state index in [2.05, 4.69) is 14.8 Å². The first-order valence-electron chi connectivity index (χ1n) is 6.99. The average molecular weight is 260 g/mol. The van der Waals surface area contributed by atoms with Gasteiger partial charge in [0.2, 0.25) is 5.91 Å². The number of carbonyl (C=O) groups is 1. The van der Waals surface area contributed by atoms with Crippen LogP contribution in [-0.2, 0) is 0 Å². The van der Waals surface area contributed by atoms with Crippen LogP contribution in [0, 0.1) is 0 Å². The lowest BCUT2D eigenvalue weighted by Crippen LogP contribution is -2.55. The van der Waals surface area contributed by atoms with Gasteiger partial charge in [-0.1, -0.05) is 6.42 Å². The fourth-order valence-electron chi connectivity index (χ4n) is 3.11. The summed E-state index contributed by atoms with van der Waals surface area (Å²) in [5, 5.41) is 0. The molecule has 5 nitrogen and oxygen atoms in total. The number of rotatable bonds is 2. The van der Waals surface area contributed by atoms with Crippen LogP contribution in [0.1, 0.15) is 29.6 Å². The highest BCUT2D eigenvalue weighted by Crippen LogP contribution is 2.24. The van der Waals surface area contributed by atoms with Gasteiger partial charge in [-0.15, -0.1) is 0 Å². The maximum Gasteiger partial charge on any atom is 0.248 e. The summed E-state index contributed by atoms with van der Waals surface area (Å²) in [5.74, 6) is 0.487. The Morgan fingerprint density at radius 3 is 3.05 bits per heavy atom. The number of aromatic nitrogens is 1. The minimum Gasteiger partial charge on any atom is -0.366 e. The van der Waals surface area contributed by atoms with Gasteiger partial charge < -0.3 is 10.6 Å². The van der Waals surface area contributed by atoms with Crippen molar-refractivity contribution >= 4 is 11.7 Å². The zero-order valence-electron chi connectivity index (χ0n) is 11.1. The fraction of sp³-hybridized carbons (Fsp3) is 0.571. The third kappa shape index (κ3) is 2.56. The zero-order valence-corrected chi connectivity index (χ0v) is 11.1. The number of fused-ring (bicyclic) bond motifs is 1. The SMILES string of the molecule is NC(=O)c1ccnc(N2CCN3CCCC[C@@H]3C2)c1. The lowest BCUT2D eigenvalue weighted by Gasteiger charge is -2.44. The van der Waals surface area contributed by atoms with Crippen LogP contribution in [0.4, 0.5) is 5.82 Å². The molecule has 0 radical (unpaired) electrons. The molecular weight excluding hydrogens is 240 g/mol. The molecule has 0 bridgehead atoms. The van der Waals surface area contributed by atoms with Crippen LogP contribution >= 0.6 is 0 Å². The number of hydrogen-bond acceptors (Lipinski definition) is 4. The standard InChI is InChI=1S/C14H20N4O/c15-14(19)11-4-5-16-13(9-11)18-8-7-17-6-2-1-3-12(17)10-18/h4-5,9,12H,1-3,6-8,10H2,(H2,15,19)/t12-/m1/s1. The molecule has 5 heteroatoms. The van der Waals surface area contributed by atoms with Crippen molar-refractivity contribution < 1.29 is 4.79 Å². The lowest BCUT2D eigenvalue weighted by molar-refractivity contribution is 0.1000. The van der Waals surface area contributed by atoms with Gasteiger partial charge in [0.05, 0.1) is 0 Å². The summed E-state index contributed by atoms with van der Waals surface area (Å²) in [6.07, 6.45) is 5.59. The molecule has 3 rings (SSSR count). The number of piperidine rings is 1. The molecule has 0 aliphatic carbocycles. The van der Waals surface area contributed by atoms with E-state index in [1.54, 1.807) is 18.3 Å². The summed E-state index contributed by atoms with van der Waals surface area (Å²) in [7, 11) is 0. The van der Waals surface area contributed by atoms with E-state index in [1.165, 1.54) is 25.8 Å². The highest BCUT2D eigenvalue weighted by Gasteiger charge is 2.29. The molecule has 1 atom stereocenters. The Labute approximate surface area is 113 Å². The summed E-state index contributed by atoms with van der Waals surface area (Å²) in [4.78, 5) is 20.5. The van der Waals surface area contributed by atoms with Crippen molar-refractivity contribution in [2.75, 3.05) is 31.1 Å². The van der Waals surface area contributed by atoms with Crippen molar-refractivity contribution in [3.8, 4) is 0 Å². The third-order valence-electron chi connectivity index (χ3n) is 4.19. The Hall–Kier alpha value is -1.62. The van der Waals surface area contributed by atoms with Crippen molar-refractivity contribution in [3.05, 3.63) is 23.9 Å². The minimum atomic E-state index is -0.389. The Morgan fingerprint density at radius 1 is 1.32 bits per heavy atom. The summed E-state index contributed by atoms with van der Waals surface area (Å²) >= 11 is 0. The average Bonchev–Trinajstić information content (AvgIpc) is 2.47. The number of piperazine rings is 1. The van der Waals surface area contributed by atoms with Crippen LogP contribution in [0.5, 0.6) is 0 Å². The summed E-state index contributed by atoms with van der Waals surface area (Å²) in [6.45, 7) is 4.31. The van der Waals surface area contributed by atoms with E-state index in [4.69, 9.17) is 5.73 Å². The predicted octanol–water partition coefficient (Wildman–Crippen LogP) is 0.855. The molecule has 3 heterocycles. The zero-order chi connectivity index (χ0) is 13.2. The number of amides is 1. The molecule has 2 saturated heterocycles. The summed E-state index contributed by atoms with van der Waals surface area (Å²) in [5.41, 5.74) is 5.86. The largest absolute Gasteiger partial charge is 0.366 e. The van der Waals surface area contributed by atoms with E-state index >= 15 is 0 Å². The molecule has 0 saturated carbocycles. The molecule has 19 heavy (non-hydrogen) atoms. The lowest BCUT2D eigenvalue weighted by atomic mass is 9.99. The van der Waals surface area contributed by atoms with E-state index in [9.17, 15) is 4.79 Å². The number of nitrogens with two attached hydrogens (primary N) is 1. The second kappa shape index (κ2) is 5.17. The number of pyridine rings is 1. The van der Waals surface area contributed by atoms with Gasteiger partial charge in [0.25, 0.3) is 0 Å². The number of anilines is 1. The van der Waals surface area contributed by atoms with E-state index in [0.29, 0.717) is 11.6 Å². The number of primary amides is 1. The van der Waals surface area contributed by atoms with E-state index in [1.807, 2.05) is 0 Å². The van der Waals surface area contributed by atoms with Crippen LogP contribution in [0.25, 0.3) is 0 Å². The molecule has 1 aromatic rings. The van der Waals surface area contributed by atoms with Crippen molar-refractivity contribution in [2.45, 2.75) is 25.3 Å². The topological polar surface area (TPSA) is 62.5 Å². The summed E-state index contributed by atoms with van der Waals surface area (Å²) < 4.78 is 0. The Kier molecular flexibility index (Phi) is 3.38. The maximum absolute atomic E-state index is 11.2. The first-order chi connectivity index (χ1) is 9.24. The van der Waals surface area contributed by atoms with Crippen LogP contribution in [0.2, 0.25) is 0 Å². The molecule has 2 fully saturated rings. The van der Waals surface area contributed by atoms with Gasteiger partial charge in [-0.25, -0.2) is 4.98 Å². The first-order valence-corrected chi connectivity index (χ1v) is 6.99. The van der Waals surface area contributed by atoms with Gasteiger partial charge >= 0.3 is 0 Å². The van der Waals surface area contributed by atoms with Crippen LogP contribution in [0.3, 0.4) is 0 Å². The second-order valence-corrected chi connectivity index (χ2v) is 5.40. The minimum absolute atomic E-state index is 0.389. The Morgan fingerprint density at radius 2 is 2.21 bits per heavy atom. The predicted molar refractivity (Wildman–Crippen MR) is 74.2 cm³/mol. The van der Waals surface area contributed by atoms with E-state index < -0.39 is 0 Å². The fourth-order valence-corrected chi connectivity index (χ4v) is 3.11. The maximum atomic E-state index is 11.2. The number of nitrogens with zero attached hydrogens (tertiary/aromatic N) is 3. The highest BCUT2D eigenvalue weighted by atomic mass is 16.1. The Bertz CT molecular complexity index is 476. The third-order valence-corrected chi connectivity index (χ3v) is 4.19. The summed E-state index contributed by atoms with van der Waals surface area (Å²) in [6, 6.07) is 4.12. The first kappa shape index (κ1) is 12.4. The molecule has 0 spiro atoms. The second-order valence-electron chi connectivity index (χ2n) is 5.40. The van der Waals surface area contributed by atoms with Gasteiger partial charge in [-0.05, 0) is 31.5 Å². The van der Waals surface area contributed by atoms with Crippen molar-refractivity contribution in [3.63, 3.8) is 0 Å². The van der Waals surface area contributed by atoms with Crippen LogP contribution < -0.4 is 10.6 Å². The smallest absolute Gasteiger partial charge is 0.248 e. The highest BCUT2D eigenvalue weighted by molar-refractivity contribution is 5.93. The van der Waals surface area contributed by atoms with Gasteiger partial charge in [0.15, 0.2) is 0 Å². The molecule has 0 aromatic carbocycles. The van der Waals surface area contributed by atoms with Gasteiger partial charge in [0, 0.05) is 37.4 Å². The van der Waals surface area contributed by atoms with Gasteiger partial charge in [-0.2, -0.15) is 0 Å². The number of hydrogen-bond donors (Lipinski definition) is 1. The molecule has 2 N–H and O–H groups in total. The van der Waals surface area contributed by atoms with Crippen LogP contribution in [-0.4, -0.2) is 48.0 Å². The van der Waals surface area contributed by atoms with Gasteiger partial charge in [0.1, 0.15) is 5.82 Å². The molecule has 1 amide bonds. The van der Waals surface area contributed by atoms with Crippen molar-refractivity contribution in [2.24, 2.45) is 5.73 Å². The van der Waals surface area contributed by atoms with Crippen molar-refractivity contribution in [1.82, 2.24) is 9.88 Å². The monoisotopic (exact) mass is 260 g/mol. The molecule has 0 unspecified atom stereocenters. The molecular formula is C14H20N4O. The van der Waals surface area contributed by atoms with Crippen LogP contribution in [0.15, 0.2) is 18.3 Å². The Balaban J connectivity index is 1.75. The molecule has 102 valence electrons. The van der Waals surface area contributed by atoms with E-state index in [-0.39, 0.29) is 5.91 Å². The molecule has 2 aliphatic rings. The van der Waals surface area contributed by atoms with Crippen molar-refractivity contribution in [1.29, 1.82) is 0 Å². The molecule has 1 aromatic heterocycles.